The quantitative estimate of drug-likeness (QED) is 0.864. The summed E-state index contributed by atoms with van der Waals surface area (Å²) in [5.74, 6) is 1.23. The SMILES string of the molecule is Cc1noc(CNc2nc(C)c(C)s2)n1. The zero-order chi connectivity index (χ0) is 10.8. The maximum atomic E-state index is 4.98. The highest BCUT2D eigenvalue weighted by Gasteiger charge is 2.05. The van der Waals surface area contributed by atoms with E-state index in [1.165, 1.54) is 4.88 Å². The fraction of sp³-hybridized carbons (Fsp3) is 0.444. The molecule has 2 heterocycles. The molecule has 0 aliphatic heterocycles. The second-order valence-corrected chi connectivity index (χ2v) is 4.45. The lowest BCUT2D eigenvalue weighted by Crippen LogP contribution is -1.99. The minimum atomic E-state index is 0.521. The van der Waals surface area contributed by atoms with Gasteiger partial charge in [0.1, 0.15) is 0 Å². The Balaban J connectivity index is 1.99. The third kappa shape index (κ3) is 2.33. The highest BCUT2D eigenvalue weighted by molar-refractivity contribution is 7.15. The van der Waals surface area contributed by atoms with Gasteiger partial charge in [0.2, 0.25) is 5.89 Å². The van der Waals surface area contributed by atoms with Gasteiger partial charge >= 0.3 is 0 Å². The van der Waals surface area contributed by atoms with Gasteiger partial charge in [0.05, 0.1) is 12.2 Å². The standard InChI is InChI=1S/C9H12N4OS/c1-5-6(2)15-9(11-5)10-4-8-12-7(3)13-14-8/h4H2,1-3H3,(H,10,11). The van der Waals surface area contributed by atoms with Crippen molar-refractivity contribution < 1.29 is 4.52 Å². The Morgan fingerprint density at radius 1 is 1.27 bits per heavy atom. The van der Waals surface area contributed by atoms with Crippen molar-refractivity contribution in [2.45, 2.75) is 27.3 Å². The summed E-state index contributed by atoms with van der Waals surface area (Å²) in [4.78, 5) is 9.66. The van der Waals surface area contributed by atoms with Crippen LogP contribution in [0.25, 0.3) is 0 Å². The molecule has 0 saturated heterocycles. The Labute approximate surface area is 91.5 Å². The molecule has 80 valence electrons. The van der Waals surface area contributed by atoms with Crippen LogP contribution in [0.15, 0.2) is 4.52 Å². The Morgan fingerprint density at radius 3 is 2.60 bits per heavy atom. The highest BCUT2D eigenvalue weighted by Crippen LogP contribution is 2.21. The Kier molecular flexibility index (Phi) is 2.68. The first-order chi connectivity index (χ1) is 7.15. The molecule has 0 aliphatic rings. The van der Waals surface area contributed by atoms with Gasteiger partial charge in [0.15, 0.2) is 11.0 Å². The van der Waals surface area contributed by atoms with Gasteiger partial charge in [-0.15, -0.1) is 11.3 Å². The van der Waals surface area contributed by atoms with E-state index in [4.69, 9.17) is 4.52 Å². The summed E-state index contributed by atoms with van der Waals surface area (Å²) in [6, 6.07) is 0. The zero-order valence-corrected chi connectivity index (χ0v) is 9.68. The van der Waals surface area contributed by atoms with E-state index >= 15 is 0 Å². The molecule has 0 radical (unpaired) electrons. The van der Waals surface area contributed by atoms with Gasteiger partial charge in [0.25, 0.3) is 0 Å². The molecular formula is C9H12N4OS. The molecule has 2 rings (SSSR count). The maximum Gasteiger partial charge on any atom is 0.246 e. The molecule has 15 heavy (non-hydrogen) atoms. The number of thiazole rings is 1. The van der Waals surface area contributed by atoms with Crippen LogP contribution in [0.2, 0.25) is 0 Å². The van der Waals surface area contributed by atoms with Crippen molar-refractivity contribution in [1.29, 1.82) is 0 Å². The minimum absolute atomic E-state index is 0.521. The molecule has 0 saturated carbocycles. The first kappa shape index (κ1) is 10.1. The van der Waals surface area contributed by atoms with Crippen molar-refractivity contribution in [3.8, 4) is 0 Å². The summed E-state index contributed by atoms with van der Waals surface area (Å²) >= 11 is 1.63. The topological polar surface area (TPSA) is 63.8 Å². The van der Waals surface area contributed by atoms with E-state index in [9.17, 15) is 0 Å². The second kappa shape index (κ2) is 3.98. The number of hydrogen-bond donors (Lipinski definition) is 1. The molecule has 0 fully saturated rings. The monoisotopic (exact) mass is 224 g/mol. The van der Waals surface area contributed by atoms with E-state index < -0.39 is 0 Å². The van der Waals surface area contributed by atoms with Crippen molar-refractivity contribution >= 4 is 16.5 Å². The molecule has 0 aliphatic carbocycles. The van der Waals surface area contributed by atoms with Crippen LogP contribution in [0.3, 0.4) is 0 Å². The molecule has 0 amide bonds. The first-order valence-corrected chi connectivity index (χ1v) is 5.44. The molecule has 0 aromatic carbocycles. The predicted molar refractivity (Wildman–Crippen MR) is 57.9 cm³/mol. The van der Waals surface area contributed by atoms with E-state index in [0.717, 1.165) is 10.8 Å². The van der Waals surface area contributed by atoms with Crippen molar-refractivity contribution in [1.82, 2.24) is 15.1 Å². The number of aryl methyl sites for hydroxylation is 3. The molecule has 2 aromatic heterocycles. The van der Waals surface area contributed by atoms with Crippen LogP contribution in [0.4, 0.5) is 5.13 Å². The van der Waals surface area contributed by atoms with Gasteiger partial charge in [-0.25, -0.2) is 4.98 Å². The molecule has 0 unspecified atom stereocenters. The predicted octanol–water partition coefficient (Wildman–Crippen LogP) is 2.06. The van der Waals surface area contributed by atoms with Crippen molar-refractivity contribution in [3.63, 3.8) is 0 Å². The van der Waals surface area contributed by atoms with Crippen LogP contribution in [-0.2, 0) is 6.54 Å². The Morgan fingerprint density at radius 2 is 2.07 bits per heavy atom. The summed E-state index contributed by atoms with van der Waals surface area (Å²) in [7, 11) is 0. The normalized spacial score (nSPS) is 10.6. The van der Waals surface area contributed by atoms with Crippen LogP contribution in [0.5, 0.6) is 0 Å². The van der Waals surface area contributed by atoms with Gasteiger partial charge < -0.3 is 9.84 Å². The van der Waals surface area contributed by atoms with E-state index in [1.54, 1.807) is 18.3 Å². The third-order valence-electron chi connectivity index (χ3n) is 1.99. The van der Waals surface area contributed by atoms with E-state index in [2.05, 4.69) is 27.4 Å². The fourth-order valence-corrected chi connectivity index (χ4v) is 1.92. The summed E-state index contributed by atoms with van der Waals surface area (Å²) in [6.07, 6.45) is 0. The van der Waals surface area contributed by atoms with Crippen LogP contribution in [0, 0.1) is 20.8 Å². The molecule has 1 N–H and O–H groups in total. The third-order valence-corrected chi connectivity index (χ3v) is 3.02. The lowest BCUT2D eigenvalue weighted by molar-refractivity contribution is 0.379. The number of aromatic nitrogens is 3. The summed E-state index contributed by atoms with van der Waals surface area (Å²) in [5, 5.41) is 7.75. The average molecular weight is 224 g/mol. The van der Waals surface area contributed by atoms with Gasteiger partial charge in [-0.1, -0.05) is 5.16 Å². The summed E-state index contributed by atoms with van der Waals surface area (Å²) in [6.45, 7) is 6.36. The van der Waals surface area contributed by atoms with Crippen LogP contribution in [0.1, 0.15) is 22.3 Å². The number of rotatable bonds is 3. The summed E-state index contributed by atoms with van der Waals surface area (Å²) in [5.41, 5.74) is 1.06. The van der Waals surface area contributed by atoms with E-state index in [0.29, 0.717) is 18.3 Å². The average Bonchev–Trinajstić information content (AvgIpc) is 2.72. The lowest BCUT2D eigenvalue weighted by Gasteiger charge is -1.95. The van der Waals surface area contributed by atoms with Crippen LogP contribution < -0.4 is 5.32 Å². The van der Waals surface area contributed by atoms with Gasteiger partial charge in [-0.3, -0.25) is 0 Å². The zero-order valence-electron chi connectivity index (χ0n) is 8.87. The fourth-order valence-electron chi connectivity index (χ4n) is 1.11. The van der Waals surface area contributed by atoms with Gasteiger partial charge in [-0.05, 0) is 20.8 Å². The number of hydrogen-bond acceptors (Lipinski definition) is 6. The lowest BCUT2D eigenvalue weighted by atomic mass is 10.4. The smallest absolute Gasteiger partial charge is 0.246 e. The highest BCUT2D eigenvalue weighted by atomic mass is 32.1. The molecule has 0 atom stereocenters. The van der Waals surface area contributed by atoms with E-state index in [-0.39, 0.29) is 0 Å². The molecule has 0 spiro atoms. The molecule has 6 heteroatoms. The number of anilines is 1. The molecular weight excluding hydrogens is 212 g/mol. The van der Waals surface area contributed by atoms with Gasteiger partial charge in [0, 0.05) is 4.88 Å². The molecule has 0 bridgehead atoms. The van der Waals surface area contributed by atoms with Crippen molar-refractivity contribution in [2.75, 3.05) is 5.32 Å². The maximum absolute atomic E-state index is 4.98. The minimum Gasteiger partial charge on any atom is -0.352 e. The van der Waals surface area contributed by atoms with Crippen LogP contribution in [-0.4, -0.2) is 15.1 Å². The molecule has 2 aromatic rings. The number of nitrogens with one attached hydrogen (secondary N) is 1. The Hall–Kier alpha value is -1.43. The van der Waals surface area contributed by atoms with Gasteiger partial charge in [-0.2, -0.15) is 4.98 Å². The number of nitrogens with zero attached hydrogens (tertiary/aromatic N) is 3. The van der Waals surface area contributed by atoms with Crippen LogP contribution >= 0.6 is 11.3 Å². The first-order valence-electron chi connectivity index (χ1n) is 4.62. The van der Waals surface area contributed by atoms with Crippen molar-refractivity contribution in [2.24, 2.45) is 0 Å². The largest absolute Gasteiger partial charge is 0.352 e. The molecule has 5 nitrogen and oxygen atoms in total. The Bertz CT molecular complexity index is 443. The summed E-state index contributed by atoms with van der Waals surface area (Å²) < 4.78 is 4.98. The van der Waals surface area contributed by atoms with E-state index in [1.807, 2.05) is 6.92 Å². The van der Waals surface area contributed by atoms with Crippen molar-refractivity contribution in [3.05, 3.63) is 22.3 Å². The second-order valence-electron chi connectivity index (χ2n) is 3.25.